The van der Waals surface area contributed by atoms with E-state index in [4.69, 9.17) is 0 Å². The van der Waals surface area contributed by atoms with E-state index >= 15 is 0 Å². The van der Waals surface area contributed by atoms with Crippen LogP contribution < -0.4 is 4.72 Å². The fourth-order valence-electron chi connectivity index (χ4n) is 1.95. The minimum Gasteiger partial charge on any atom is -0.391 e. The van der Waals surface area contributed by atoms with Gasteiger partial charge in [-0.2, -0.15) is 0 Å². The zero-order chi connectivity index (χ0) is 12.5. The Morgan fingerprint density at radius 3 is 2.65 bits per heavy atom. The highest BCUT2D eigenvalue weighted by atomic mass is 79.9. The maximum absolute atomic E-state index is 12.0. The largest absolute Gasteiger partial charge is 0.391 e. The molecule has 1 saturated carbocycles. The molecular weight excluding hydrogens is 326 g/mol. The first-order chi connectivity index (χ1) is 7.99. The molecule has 2 atom stereocenters. The van der Waals surface area contributed by atoms with Crippen LogP contribution in [-0.4, -0.2) is 25.7 Å². The number of hydrogen-bond donors (Lipinski definition) is 2. The number of sulfonamides is 1. The van der Waals surface area contributed by atoms with E-state index in [2.05, 4.69) is 20.7 Å². The molecule has 1 aromatic heterocycles. The van der Waals surface area contributed by atoms with Gasteiger partial charge in [-0.3, -0.25) is 0 Å². The topological polar surface area (TPSA) is 66.4 Å². The molecule has 0 spiro atoms. The predicted molar refractivity (Wildman–Crippen MR) is 70.6 cm³/mol. The fraction of sp³-hybridized carbons (Fsp3) is 0.600. The summed E-state index contributed by atoms with van der Waals surface area (Å²) in [7, 11) is -3.49. The van der Waals surface area contributed by atoms with Gasteiger partial charge < -0.3 is 5.11 Å². The van der Waals surface area contributed by atoms with E-state index in [1.807, 2.05) is 0 Å². The van der Waals surface area contributed by atoms with Gasteiger partial charge in [0.25, 0.3) is 0 Å². The second-order valence-electron chi connectivity index (χ2n) is 4.14. The molecule has 17 heavy (non-hydrogen) atoms. The molecule has 1 fully saturated rings. The summed E-state index contributed by atoms with van der Waals surface area (Å²) in [6.07, 6.45) is 2.72. The third-order valence-corrected chi connectivity index (χ3v) is 6.45. The number of halogens is 1. The van der Waals surface area contributed by atoms with Gasteiger partial charge in [0.05, 0.1) is 9.89 Å². The summed E-state index contributed by atoms with van der Waals surface area (Å²) in [4.78, 5) is 0. The van der Waals surface area contributed by atoms with Crippen LogP contribution in [0.5, 0.6) is 0 Å². The van der Waals surface area contributed by atoms with Crippen LogP contribution in [0.4, 0.5) is 0 Å². The van der Waals surface area contributed by atoms with Crippen molar-refractivity contribution in [3.8, 4) is 0 Å². The normalized spacial score (nSPS) is 26.0. The molecule has 1 aliphatic carbocycles. The van der Waals surface area contributed by atoms with E-state index < -0.39 is 16.1 Å². The zero-order valence-electron chi connectivity index (χ0n) is 9.10. The van der Waals surface area contributed by atoms with Gasteiger partial charge in [0.15, 0.2) is 0 Å². The van der Waals surface area contributed by atoms with Crippen molar-refractivity contribution in [2.45, 2.75) is 42.0 Å². The number of thiophene rings is 1. The van der Waals surface area contributed by atoms with Gasteiger partial charge in [-0.05, 0) is 40.9 Å². The highest BCUT2D eigenvalue weighted by Gasteiger charge is 2.28. The molecular formula is C10H14BrNO3S2. The molecule has 2 rings (SSSR count). The molecule has 0 aliphatic heterocycles. The Kier molecular flexibility index (Phi) is 4.25. The number of aliphatic hydroxyl groups excluding tert-OH is 1. The zero-order valence-corrected chi connectivity index (χ0v) is 12.3. The molecule has 0 radical (unpaired) electrons. The first-order valence-electron chi connectivity index (χ1n) is 5.45. The summed E-state index contributed by atoms with van der Waals surface area (Å²) < 4.78 is 27.7. The van der Waals surface area contributed by atoms with Gasteiger partial charge in [-0.25, -0.2) is 13.1 Å². The van der Waals surface area contributed by atoms with Gasteiger partial charge in [-0.1, -0.05) is 12.8 Å². The van der Waals surface area contributed by atoms with E-state index in [1.54, 1.807) is 12.1 Å². The first-order valence-corrected chi connectivity index (χ1v) is 8.54. The third kappa shape index (κ3) is 3.29. The van der Waals surface area contributed by atoms with Crippen LogP contribution in [-0.2, 0) is 10.0 Å². The fourth-order valence-corrected chi connectivity index (χ4v) is 5.28. The molecule has 1 aliphatic rings. The second-order valence-corrected chi connectivity index (χ2v) is 8.54. The van der Waals surface area contributed by atoms with Gasteiger partial charge >= 0.3 is 0 Å². The highest BCUT2D eigenvalue weighted by molar-refractivity contribution is 9.11. The van der Waals surface area contributed by atoms with Crippen LogP contribution in [0, 0.1) is 0 Å². The van der Waals surface area contributed by atoms with Crippen molar-refractivity contribution in [2.75, 3.05) is 0 Å². The van der Waals surface area contributed by atoms with Crippen molar-refractivity contribution < 1.29 is 13.5 Å². The number of aliphatic hydroxyl groups is 1. The standard InChI is InChI=1S/C10H14BrNO3S2/c11-9-5-6-10(16-9)17(14,15)12-7-3-1-2-4-8(7)13/h5-8,12-13H,1-4H2. The Bertz CT molecular complexity index is 485. The van der Waals surface area contributed by atoms with E-state index in [0.29, 0.717) is 12.8 Å². The summed E-state index contributed by atoms with van der Waals surface area (Å²) >= 11 is 4.41. The molecule has 0 aromatic carbocycles. The third-order valence-electron chi connectivity index (χ3n) is 2.85. The van der Waals surface area contributed by atoms with Crippen LogP contribution in [0.2, 0.25) is 0 Å². The SMILES string of the molecule is O=S(=O)(NC1CCCCC1O)c1ccc(Br)s1. The van der Waals surface area contributed by atoms with Gasteiger partial charge in [0.1, 0.15) is 4.21 Å². The number of nitrogens with one attached hydrogen (secondary N) is 1. The monoisotopic (exact) mass is 339 g/mol. The molecule has 96 valence electrons. The summed E-state index contributed by atoms with van der Waals surface area (Å²) in [6.45, 7) is 0. The molecule has 4 nitrogen and oxygen atoms in total. The van der Waals surface area contributed by atoms with Crippen LogP contribution in [0.3, 0.4) is 0 Å². The summed E-state index contributed by atoms with van der Waals surface area (Å²) in [5.74, 6) is 0. The van der Waals surface area contributed by atoms with Gasteiger partial charge in [0.2, 0.25) is 10.0 Å². The van der Waals surface area contributed by atoms with E-state index in [9.17, 15) is 13.5 Å². The minimum absolute atomic E-state index is 0.280. The van der Waals surface area contributed by atoms with Gasteiger partial charge in [-0.15, -0.1) is 11.3 Å². The second kappa shape index (κ2) is 5.36. The molecule has 1 heterocycles. The maximum atomic E-state index is 12.0. The van der Waals surface area contributed by atoms with E-state index in [1.165, 1.54) is 11.3 Å². The Morgan fingerprint density at radius 1 is 1.35 bits per heavy atom. The quantitative estimate of drug-likeness (QED) is 0.886. The Morgan fingerprint density at radius 2 is 2.06 bits per heavy atom. The van der Waals surface area contributed by atoms with Crippen molar-refractivity contribution >= 4 is 37.3 Å². The first kappa shape index (κ1) is 13.5. The van der Waals surface area contributed by atoms with Crippen molar-refractivity contribution in [1.29, 1.82) is 0 Å². The molecule has 2 unspecified atom stereocenters. The summed E-state index contributed by atoms with van der Waals surface area (Å²) in [5.41, 5.74) is 0. The molecule has 2 N–H and O–H groups in total. The lowest BCUT2D eigenvalue weighted by Crippen LogP contribution is -2.44. The highest BCUT2D eigenvalue weighted by Crippen LogP contribution is 2.27. The Labute approximate surface area is 113 Å². The lowest BCUT2D eigenvalue weighted by molar-refractivity contribution is 0.101. The molecule has 0 saturated heterocycles. The Hall–Kier alpha value is 0.0500. The summed E-state index contributed by atoms with van der Waals surface area (Å²) in [5, 5.41) is 9.75. The van der Waals surface area contributed by atoms with Crippen molar-refractivity contribution in [1.82, 2.24) is 4.72 Å². The van der Waals surface area contributed by atoms with Crippen molar-refractivity contribution in [3.05, 3.63) is 15.9 Å². The molecule has 7 heteroatoms. The van der Waals surface area contributed by atoms with Crippen molar-refractivity contribution in [2.24, 2.45) is 0 Å². The molecule has 1 aromatic rings. The van der Waals surface area contributed by atoms with Crippen LogP contribution in [0.1, 0.15) is 25.7 Å². The lowest BCUT2D eigenvalue weighted by Gasteiger charge is -2.27. The average Bonchev–Trinajstić information content (AvgIpc) is 2.69. The lowest BCUT2D eigenvalue weighted by atomic mass is 9.93. The van der Waals surface area contributed by atoms with Crippen molar-refractivity contribution in [3.63, 3.8) is 0 Å². The van der Waals surface area contributed by atoms with Crippen LogP contribution in [0.15, 0.2) is 20.1 Å². The number of rotatable bonds is 3. The smallest absolute Gasteiger partial charge is 0.250 e. The maximum Gasteiger partial charge on any atom is 0.250 e. The van der Waals surface area contributed by atoms with Crippen LogP contribution >= 0.6 is 27.3 Å². The number of hydrogen-bond acceptors (Lipinski definition) is 4. The molecule has 0 amide bonds. The summed E-state index contributed by atoms with van der Waals surface area (Å²) in [6, 6.07) is 2.91. The van der Waals surface area contributed by atoms with Gasteiger partial charge in [0, 0.05) is 6.04 Å². The van der Waals surface area contributed by atoms with E-state index in [-0.39, 0.29) is 10.3 Å². The average molecular weight is 340 g/mol. The minimum atomic E-state index is -3.49. The van der Waals surface area contributed by atoms with Crippen LogP contribution in [0.25, 0.3) is 0 Å². The predicted octanol–water partition coefficient (Wildman–Crippen LogP) is 2.09. The Balaban J connectivity index is 2.11. The molecule has 0 bridgehead atoms. The van der Waals surface area contributed by atoms with E-state index in [0.717, 1.165) is 16.6 Å².